The Hall–Kier alpha value is -1.41. The Bertz CT molecular complexity index is 743. The van der Waals surface area contributed by atoms with E-state index in [1.807, 2.05) is 13.0 Å². The summed E-state index contributed by atoms with van der Waals surface area (Å²) in [5.41, 5.74) is 4.92. The molecule has 2 rings (SSSR count). The molecule has 20 heavy (non-hydrogen) atoms. The predicted molar refractivity (Wildman–Crippen MR) is 90.2 cm³/mol. The quantitative estimate of drug-likeness (QED) is 0.586. The second kappa shape index (κ2) is 5.17. The van der Waals surface area contributed by atoms with Gasteiger partial charge in [-0.15, -0.1) is 0 Å². The predicted octanol–water partition coefficient (Wildman–Crippen LogP) is 3.65. The largest absolute Gasteiger partial charge is 0.212 e. The normalized spacial score (nSPS) is 14.6. The summed E-state index contributed by atoms with van der Waals surface area (Å²) >= 11 is 0. The first-order valence-electron chi connectivity index (χ1n) is 8.53. The highest BCUT2D eigenvalue weighted by Crippen LogP contribution is 2.22. The number of hydrogen-bond acceptors (Lipinski definition) is 0. The minimum atomic E-state index is -2.05. The highest BCUT2D eigenvalue weighted by Gasteiger charge is 2.24. The minimum Gasteiger partial charge on any atom is -0.201 e. The summed E-state index contributed by atoms with van der Waals surface area (Å²) in [4.78, 5) is 0. The van der Waals surface area contributed by atoms with Crippen LogP contribution < -0.4 is 9.75 Å². The summed E-state index contributed by atoms with van der Waals surface area (Å²) in [6.07, 6.45) is 2.24. The lowest BCUT2D eigenvalue weighted by Gasteiger charge is -2.18. The minimum absolute atomic E-state index is 0.400. The molecule has 0 radical (unpaired) electrons. The van der Waals surface area contributed by atoms with Crippen LogP contribution in [0, 0.1) is 20.7 Å². The molecule has 1 aromatic carbocycles. The van der Waals surface area contributed by atoms with Gasteiger partial charge >= 0.3 is 0 Å². The highest BCUT2D eigenvalue weighted by atomic mass is 28.3. The van der Waals surface area contributed by atoms with E-state index in [0.717, 1.165) is 16.8 Å². The van der Waals surface area contributed by atoms with Crippen molar-refractivity contribution in [3.05, 3.63) is 47.2 Å². The molecule has 0 amide bonds. The van der Waals surface area contributed by atoms with Crippen LogP contribution >= 0.6 is 0 Å². The van der Waals surface area contributed by atoms with Crippen molar-refractivity contribution >= 4 is 13.3 Å². The zero-order valence-corrected chi connectivity index (χ0v) is 14.3. The van der Waals surface area contributed by atoms with Crippen molar-refractivity contribution in [3.63, 3.8) is 0 Å². The van der Waals surface area contributed by atoms with Crippen molar-refractivity contribution in [2.45, 2.75) is 40.3 Å². The second-order valence-electron chi connectivity index (χ2n) is 6.65. The fourth-order valence-electron chi connectivity index (χ4n) is 2.75. The van der Waals surface area contributed by atoms with Gasteiger partial charge in [0.15, 0.2) is 6.20 Å². The van der Waals surface area contributed by atoms with E-state index < -0.39 is 14.9 Å². The number of benzene rings is 1. The Balaban J connectivity index is 2.58. The van der Waals surface area contributed by atoms with Crippen LogP contribution in [-0.2, 0) is 7.05 Å². The third kappa shape index (κ3) is 2.85. The lowest BCUT2D eigenvalue weighted by atomic mass is 10.0. The Morgan fingerprint density at radius 3 is 2.30 bits per heavy atom. The molecular formula is C18H26NSi+. The van der Waals surface area contributed by atoms with Gasteiger partial charge in [0.25, 0.3) is 0 Å². The molecule has 0 saturated heterocycles. The number of aromatic nitrogens is 1. The molecule has 0 aliphatic heterocycles. The first kappa shape index (κ1) is 11.3. The van der Waals surface area contributed by atoms with Gasteiger partial charge in [-0.1, -0.05) is 37.3 Å². The molecule has 0 atom stereocenters. The molecule has 106 valence electrons. The van der Waals surface area contributed by atoms with Crippen LogP contribution in [0.15, 0.2) is 30.5 Å². The molecule has 2 aromatic rings. The van der Waals surface area contributed by atoms with Gasteiger partial charge in [-0.3, -0.25) is 0 Å². The molecule has 0 aliphatic rings. The molecular weight excluding hydrogens is 258 g/mol. The van der Waals surface area contributed by atoms with Crippen molar-refractivity contribution in [2.24, 2.45) is 7.05 Å². The molecule has 0 aliphatic carbocycles. The van der Waals surface area contributed by atoms with E-state index in [1.165, 1.54) is 10.8 Å². The average molecular weight is 288 g/mol. The summed E-state index contributed by atoms with van der Waals surface area (Å²) in [6.45, 7) is 9.15. The first-order chi connectivity index (χ1) is 10.4. The Kier molecular flexibility index (Phi) is 2.91. The van der Waals surface area contributed by atoms with Gasteiger partial charge in [0.05, 0.1) is 8.07 Å². The molecule has 1 aromatic heterocycles. The SMILES string of the molecule is [2H]C([2H])([2H])c1ccc(-c2cc(C)c([Si](C)(C)C)c[n+]2C)c(C)c1. The van der Waals surface area contributed by atoms with Crippen molar-refractivity contribution in [1.29, 1.82) is 0 Å². The number of nitrogens with zero attached hydrogens (tertiary/aromatic N) is 1. The van der Waals surface area contributed by atoms with Gasteiger partial charge < -0.3 is 0 Å². The summed E-state index contributed by atoms with van der Waals surface area (Å²) in [7, 11) is 0.689. The van der Waals surface area contributed by atoms with Crippen LogP contribution in [0.5, 0.6) is 0 Å². The molecule has 0 bridgehead atoms. The summed E-state index contributed by atoms with van der Waals surface area (Å²) in [5.74, 6) is 0. The maximum Gasteiger partial charge on any atom is 0.212 e. The third-order valence-corrected chi connectivity index (χ3v) is 5.93. The van der Waals surface area contributed by atoms with Crippen LogP contribution in [0.2, 0.25) is 19.6 Å². The van der Waals surface area contributed by atoms with Crippen LogP contribution in [-0.4, -0.2) is 8.07 Å². The van der Waals surface area contributed by atoms with Crippen molar-refractivity contribution < 1.29 is 8.68 Å². The van der Waals surface area contributed by atoms with Crippen molar-refractivity contribution in [2.75, 3.05) is 0 Å². The Morgan fingerprint density at radius 1 is 1.05 bits per heavy atom. The zero-order valence-electron chi connectivity index (χ0n) is 16.3. The lowest BCUT2D eigenvalue weighted by Crippen LogP contribution is -2.46. The Morgan fingerprint density at radius 2 is 1.75 bits per heavy atom. The number of pyridine rings is 1. The number of aryl methyl sites for hydroxylation is 4. The smallest absolute Gasteiger partial charge is 0.201 e. The molecule has 0 spiro atoms. The lowest BCUT2D eigenvalue weighted by molar-refractivity contribution is -0.659. The van der Waals surface area contributed by atoms with E-state index in [4.69, 9.17) is 4.11 Å². The average Bonchev–Trinajstić information content (AvgIpc) is 2.39. The highest BCUT2D eigenvalue weighted by molar-refractivity contribution is 6.88. The van der Waals surface area contributed by atoms with E-state index in [-0.39, 0.29) is 0 Å². The summed E-state index contributed by atoms with van der Waals surface area (Å²) < 4.78 is 24.8. The Labute approximate surface area is 128 Å². The van der Waals surface area contributed by atoms with Gasteiger partial charge in [-0.2, -0.15) is 0 Å². The van der Waals surface area contributed by atoms with Crippen LogP contribution in [0.1, 0.15) is 20.8 Å². The first-order valence-corrected chi connectivity index (χ1v) is 10.5. The maximum absolute atomic E-state index is 7.55. The fourth-order valence-corrected chi connectivity index (χ4v) is 4.59. The molecule has 0 unspecified atom stereocenters. The summed E-state index contributed by atoms with van der Waals surface area (Å²) in [6, 6.07) is 7.66. The van der Waals surface area contributed by atoms with E-state index >= 15 is 0 Å². The monoisotopic (exact) mass is 287 g/mol. The molecule has 0 fully saturated rings. The van der Waals surface area contributed by atoms with Crippen LogP contribution in [0.4, 0.5) is 0 Å². The van der Waals surface area contributed by atoms with Crippen LogP contribution in [0.3, 0.4) is 0 Å². The molecule has 1 heterocycles. The van der Waals surface area contributed by atoms with Gasteiger partial charge in [0.2, 0.25) is 5.69 Å². The zero-order chi connectivity index (χ0) is 17.6. The van der Waals surface area contributed by atoms with Crippen molar-refractivity contribution in [3.8, 4) is 11.3 Å². The number of rotatable bonds is 2. The maximum atomic E-state index is 7.55. The molecule has 0 saturated carbocycles. The molecule has 1 nitrogen and oxygen atoms in total. The number of hydrogen-bond donors (Lipinski definition) is 0. The van der Waals surface area contributed by atoms with Gasteiger partial charge in [-0.25, -0.2) is 4.57 Å². The van der Waals surface area contributed by atoms with Crippen molar-refractivity contribution in [1.82, 2.24) is 0 Å². The van der Waals surface area contributed by atoms with Gasteiger partial charge in [0, 0.05) is 20.9 Å². The fraction of sp³-hybridized carbons (Fsp3) is 0.389. The standard InChI is InChI=1S/C18H26NSi/c1-13-8-9-16(14(2)10-13)17-11-15(3)18(12-19(17)4)20(5,6)7/h8-12H,1-7H3/q+1/i1D3. The van der Waals surface area contributed by atoms with E-state index in [9.17, 15) is 0 Å². The van der Waals surface area contributed by atoms with E-state index in [0.29, 0.717) is 5.56 Å². The van der Waals surface area contributed by atoms with Crippen LogP contribution in [0.25, 0.3) is 11.3 Å². The summed E-state index contributed by atoms with van der Waals surface area (Å²) in [5, 5.41) is 1.46. The molecule has 0 N–H and O–H groups in total. The second-order valence-corrected chi connectivity index (χ2v) is 11.7. The topological polar surface area (TPSA) is 3.88 Å². The van der Waals surface area contributed by atoms with Gasteiger partial charge in [0.1, 0.15) is 7.05 Å². The molecule has 2 heteroatoms. The van der Waals surface area contributed by atoms with E-state index in [1.54, 1.807) is 12.1 Å². The van der Waals surface area contributed by atoms with Gasteiger partial charge in [-0.05, 0) is 37.9 Å². The third-order valence-electron chi connectivity index (χ3n) is 3.79. The van der Waals surface area contributed by atoms with E-state index in [2.05, 4.69) is 50.4 Å².